The maximum Gasteiger partial charge on any atom is 0.239 e. The number of fused-ring (bicyclic) bond motifs is 8. The van der Waals surface area contributed by atoms with Crippen LogP contribution in [0.5, 0.6) is 0 Å². The molecule has 3 saturated carbocycles. The number of anilines is 5. The highest BCUT2D eigenvalue weighted by molar-refractivity contribution is 6.11. The van der Waals surface area contributed by atoms with Gasteiger partial charge in [-0.2, -0.15) is 20.4 Å². The van der Waals surface area contributed by atoms with E-state index in [4.69, 9.17) is 0 Å². The van der Waals surface area contributed by atoms with Crippen LogP contribution in [0.15, 0.2) is 238 Å². The Labute approximate surface area is 778 Å². The number of benzene rings is 8. The summed E-state index contributed by atoms with van der Waals surface area (Å²) in [5, 5.41) is 16.7. The van der Waals surface area contributed by atoms with Crippen molar-refractivity contribution < 1.29 is 36.7 Å². The van der Waals surface area contributed by atoms with Gasteiger partial charge in [-0.15, -0.1) is 0 Å². The minimum atomic E-state index is -0.679. The normalized spacial score (nSPS) is 22.2. The second-order valence-electron chi connectivity index (χ2n) is 38.9. The zero-order valence-corrected chi connectivity index (χ0v) is 76.4. The molecule has 134 heavy (non-hydrogen) atoms. The molecular formula is C108H112F4N18O4. The topological polar surface area (TPSA) is 191 Å². The fourth-order valence-electron chi connectivity index (χ4n) is 23.9. The van der Waals surface area contributed by atoms with Crippen molar-refractivity contribution in [2.75, 3.05) is 76.9 Å². The van der Waals surface area contributed by atoms with Gasteiger partial charge in [0.2, 0.25) is 29.6 Å². The number of likely N-dealkylation sites (tertiary alicyclic amines) is 3. The molecule has 4 atom stereocenters. The van der Waals surface area contributed by atoms with E-state index in [1.54, 1.807) is 86.3 Å². The van der Waals surface area contributed by atoms with Crippen LogP contribution in [0.25, 0.3) is 44.5 Å². The van der Waals surface area contributed by atoms with Gasteiger partial charge >= 0.3 is 0 Å². The number of aryl methyl sites for hydroxylation is 4. The number of amides is 4. The van der Waals surface area contributed by atoms with E-state index in [0.717, 1.165) is 130 Å². The molecular weight excluding hydrogens is 1690 g/mol. The van der Waals surface area contributed by atoms with Crippen molar-refractivity contribution in [3.63, 3.8) is 0 Å². The Bertz CT molecular complexity index is 6570. The number of hydrogen-bond donors (Lipinski definition) is 0. The third-order valence-electron chi connectivity index (χ3n) is 30.9. The molecule has 3 aliphatic carbocycles. The Morgan fingerprint density at radius 3 is 1.01 bits per heavy atom. The molecule has 0 N–H and O–H groups in total. The van der Waals surface area contributed by atoms with E-state index in [-0.39, 0.29) is 65.9 Å². The molecule has 0 bridgehead atoms. The summed E-state index contributed by atoms with van der Waals surface area (Å²) >= 11 is 0. The Morgan fingerprint density at radius 1 is 0.321 bits per heavy atom. The second-order valence-corrected chi connectivity index (χ2v) is 38.9. The maximum atomic E-state index is 15.2. The van der Waals surface area contributed by atoms with Gasteiger partial charge in [-0.1, -0.05) is 166 Å². The lowest BCUT2D eigenvalue weighted by Crippen LogP contribution is -2.44. The highest BCUT2D eigenvalue weighted by Crippen LogP contribution is 2.54. The number of hydrogen-bond acceptors (Lipinski definition) is 14. The van der Waals surface area contributed by atoms with E-state index in [0.29, 0.717) is 78.9 Å². The van der Waals surface area contributed by atoms with Crippen LogP contribution >= 0.6 is 0 Å². The predicted octanol–water partition coefficient (Wildman–Crippen LogP) is 18.1. The van der Waals surface area contributed by atoms with E-state index in [1.807, 2.05) is 145 Å². The molecule has 26 heteroatoms. The van der Waals surface area contributed by atoms with Crippen LogP contribution in [-0.2, 0) is 95.2 Å². The Balaban J connectivity index is 0.000000107. The molecule has 0 radical (unpaired) electrons. The fourth-order valence-corrected chi connectivity index (χ4v) is 23.9. The van der Waals surface area contributed by atoms with Gasteiger partial charge in [0, 0.05) is 178 Å². The lowest BCUT2D eigenvalue weighted by Gasteiger charge is -2.32. The molecule has 5 aromatic heterocycles. The van der Waals surface area contributed by atoms with Crippen LogP contribution in [0.1, 0.15) is 154 Å². The van der Waals surface area contributed by atoms with Gasteiger partial charge in [-0.25, -0.2) is 27.5 Å². The first kappa shape index (κ1) is 87.6. The summed E-state index contributed by atoms with van der Waals surface area (Å²) in [4.78, 5) is 81.3. The Hall–Kier alpha value is -13.0. The van der Waals surface area contributed by atoms with Crippen LogP contribution in [0.3, 0.4) is 0 Å². The summed E-state index contributed by atoms with van der Waals surface area (Å²) in [6.45, 7) is 7.37. The molecule has 13 heterocycles. The van der Waals surface area contributed by atoms with Crippen molar-refractivity contribution in [1.29, 1.82) is 0 Å². The molecule has 7 fully saturated rings. The highest BCUT2D eigenvalue weighted by atomic mass is 19.1. The number of para-hydroxylation sites is 4. The summed E-state index contributed by atoms with van der Waals surface area (Å²) in [6, 6.07) is 57.5. The quantitative estimate of drug-likeness (QED) is 0.0830. The van der Waals surface area contributed by atoms with Crippen LogP contribution < -0.4 is 24.5 Å². The largest absolute Gasteiger partial charge is 0.339 e. The third kappa shape index (κ3) is 16.1. The van der Waals surface area contributed by atoms with Gasteiger partial charge in [-0.3, -0.25) is 52.6 Å². The minimum absolute atomic E-state index is 0.00265. The SMILES string of the molecule is Cn1cc(-c2cc(F)c(CN3C(=O)C4(CCN(C5CCCC5)C4)c4ccccc43)c(F)c2)cn1.Cn1cc(-c2ccc(CN3C(=O)C4(CCN(C5CCCC5)C4)c4ccccc43)cc2)cn1.Cn1cc(-c2ccc(CN3C(=O)C4(CCN(C5CCCCC5)C4)c4ccccc43)c(F)c2)cn1.Cn1cc(-c2ccc(CN3C(=O)C4(CCN(c5ncccn5)C4)c4ccccc43)c(F)c2)cn1. The van der Waals surface area contributed by atoms with Gasteiger partial charge in [0.05, 0.1) is 72.6 Å². The Kier molecular flexibility index (Phi) is 23.6. The molecule has 11 aliphatic rings. The van der Waals surface area contributed by atoms with E-state index in [9.17, 15) is 19.2 Å². The van der Waals surface area contributed by atoms with Crippen molar-refractivity contribution in [2.24, 2.45) is 28.2 Å². The van der Waals surface area contributed by atoms with E-state index >= 15 is 17.6 Å². The second kappa shape index (κ2) is 36.1. The van der Waals surface area contributed by atoms with Gasteiger partial charge in [0.15, 0.2) is 0 Å². The van der Waals surface area contributed by atoms with Crippen LogP contribution in [0, 0.1) is 23.3 Å². The smallest absolute Gasteiger partial charge is 0.239 e. The summed E-state index contributed by atoms with van der Waals surface area (Å²) in [6.07, 6.45) is 37.5. The van der Waals surface area contributed by atoms with Gasteiger partial charge in [-0.05, 0) is 189 Å². The van der Waals surface area contributed by atoms with E-state index < -0.39 is 27.9 Å². The monoisotopic (exact) mass is 1800 g/mol. The summed E-state index contributed by atoms with van der Waals surface area (Å²) in [7, 11) is 7.36. The van der Waals surface area contributed by atoms with Crippen molar-refractivity contribution >= 4 is 52.3 Å². The molecule has 4 saturated heterocycles. The van der Waals surface area contributed by atoms with Gasteiger partial charge in [0.25, 0.3) is 0 Å². The lowest BCUT2D eigenvalue weighted by atomic mass is 9.81. The molecule has 22 nitrogen and oxygen atoms in total. The summed E-state index contributed by atoms with van der Waals surface area (Å²) in [5.41, 5.74) is 14.5. The fraction of sp³-hybridized carbons (Fsp3) is 0.370. The zero-order chi connectivity index (χ0) is 91.7. The van der Waals surface area contributed by atoms with E-state index in [1.165, 1.54) is 107 Å². The third-order valence-corrected chi connectivity index (χ3v) is 30.9. The summed E-state index contributed by atoms with van der Waals surface area (Å²) < 4.78 is 67.5. The van der Waals surface area contributed by atoms with Crippen LogP contribution in [-0.4, -0.2) is 158 Å². The highest BCUT2D eigenvalue weighted by Gasteiger charge is 2.60. The number of carbonyl (C=O) groups excluding carboxylic acids is 4. The zero-order valence-electron chi connectivity index (χ0n) is 76.4. The summed E-state index contributed by atoms with van der Waals surface area (Å²) in [5.74, 6) is -0.917. The number of aromatic nitrogens is 10. The molecule has 4 spiro atoms. The first-order chi connectivity index (χ1) is 65.2. The van der Waals surface area contributed by atoms with E-state index in [2.05, 4.69) is 105 Å². The molecule has 24 rings (SSSR count). The average molecular weight is 1800 g/mol. The molecule has 4 amide bonds. The minimum Gasteiger partial charge on any atom is -0.339 e. The number of nitrogens with zero attached hydrogens (tertiary/aromatic N) is 18. The number of carbonyl (C=O) groups is 4. The Morgan fingerprint density at radius 2 is 0.642 bits per heavy atom. The van der Waals surface area contributed by atoms with Crippen molar-refractivity contribution in [1.82, 2.24) is 63.8 Å². The van der Waals surface area contributed by atoms with Crippen molar-refractivity contribution in [3.8, 4) is 44.5 Å². The lowest BCUT2D eigenvalue weighted by molar-refractivity contribution is -0.123. The molecule has 8 aromatic carbocycles. The molecule has 8 aliphatic heterocycles. The van der Waals surface area contributed by atoms with Crippen molar-refractivity contribution in [3.05, 3.63) is 306 Å². The maximum absolute atomic E-state index is 15.2. The number of halogens is 4. The van der Waals surface area contributed by atoms with Gasteiger partial charge in [0.1, 0.15) is 23.3 Å². The standard InChI is InChI=1S/C28H31FN4O.C27H28F2N4O.C27H30N4O.C26H23FN6O/c1-31-17-22(16-30-31)20-11-12-21(25(29)15-20)18-33-26-10-6-5-9-24(26)28(27(33)34)13-14-32(19-28)23-7-3-2-4-8-23;1-31-15-19(14-30-31)18-12-23(28)21(24(29)13-18)16-33-25-9-5-4-8-22(25)27(26(33)34)10-11-32(17-27)20-6-2-3-7-20;1-29-18-22(16-28-29)21-12-10-20(11-13-21)17-31-25-9-5-4-8-24(25)27(26(31)32)14-15-30(19-27)23-6-2-3-7-23;1-31-15-20(14-30-31)18-7-8-19(22(27)13-18)16-33-23-6-3-2-5-21(23)26(24(33)34)9-12-32(17-26)25-28-10-4-11-29-25/h5-6,9-12,15-17,23H,2-4,7-8,13-14,18-19H2,1H3;4-5,8-9,12-15,20H,2-3,6-7,10-11,16-17H2,1H3;4-5,8-13,16,18,23H,2-3,6-7,14-15,17,19H2,1H3;2-8,10-11,13-15H,9,12,16-17H2,1H3. The van der Waals surface area contributed by atoms with Gasteiger partial charge < -0.3 is 24.5 Å². The average Bonchev–Trinajstić information content (AvgIpc) is 1.59. The predicted molar refractivity (Wildman–Crippen MR) is 510 cm³/mol. The first-order valence-corrected chi connectivity index (χ1v) is 47.7. The van der Waals surface area contributed by atoms with Crippen molar-refractivity contribution in [2.45, 2.75) is 175 Å². The molecule has 13 aromatic rings. The molecule has 4 unspecified atom stereocenters. The first-order valence-electron chi connectivity index (χ1n) is 47.7. The van der Waals surface area contributed by atoms with Crippen LogP contribution in [0.4, 0.5) is 46.3 Å². The number of rotatable bonds is 16. The molecule has 686 valence electrons. The van der Waals surface area contributed by atoms with Crippen LogP contribution in [0.2, 0.25) is 0 Å².